The van der Waals surface area contributed by atoms with Crippen LogP contribution in [0.15, 0.2) is 52.7 Å². The van der Waals surface area contributed by atoms with Crippen LogP contribution in [0.25, 0.3) is 11.3 Å². The van der Waals surface area contributed by atoms with Gasteiger partial charge in [0.2, 0.25) is 0 Å². The normalized spacial score (nSPS) is 11.3. The predicted molar refractivity (Wildman–Crippen MR) is 105 cm³/mol. The summed E-state index contributed by atoms with van der Waals surface area (Å²) < 4.78 is 23.7. The number of carbonyl (C=O) groups is 1. The lowest BCUT2D eigenvalue weighted by Crippen LogP contribution is -2.15. The van der Waals surface area contributed by atoms with E-state index in [4.69, 9.17) is 0 Å². The fourth-order valence-electron chi connectivity index (χ4n) is 2.70. The van der Waals surface area contributed by atoms with Gasteiger partial charge in [-0.1, -0.05) is 35.9 Å². The maximum atomic E-state index is 12.5. The van der Waals surface area contributed by atoms with Crippen LogP contribution < -0.4 is 5.32 Å². The summed E-state index contributed by atoms with van der Waals surface area (Å²) in [5, 5.41) is 4.99. The Bertz CT molecular complexity index is 1090. The van der Waals surface area contributed by atoms with Crippen LogP contribution in [0.1, 0.15) is 21.5 Å². The molecule has 0 spiro atoms. The summed E-state index contributed by atoms with van der Waals surface area (Å²) in [5.74, 6) is -0.493. The minimum absolute atomic E-state index is 0.00339. The third-order valence-electron chi connectivity index (χ3n) is 3.91. The number of carbonyl (C=O) groups excluding carboxylic acids is 1. The number of benzene rings is 2. The van der Waals surface area contributed by atoms with Gasteiger partial charge in [-0.05, 0) is 31.5 Å². The lowest BCUT2D eigenvalue weighted by atomic mass is 10.0. The first-order valence-corrected chi connectivity index (χ1v) is 10.7. The van der Waals surface area contributed by atoms with Gasteiger partial charge in [0, 0.05) is 17.2 Å². The Hall–Kier alpha value is -2.51. The number of thiazole rings is 1. The molecule has 1 heterocycles. The topological polar surface area (TPSA) is 76.1 Å². The van der Waals surface area contributed by atoms with Crippen LogP contribution in [0.5, 0.6) is 0 Å². The maximum absolute atomic E-state index is 12.5. The van der Waals surface area contributed by atoms with Crippen LogP contribution in [0, 0.1) is 13.8 Å². The average Bonchev–Trinajstić information content (AvgIpc) is 3.02. The van der Waals surface area contributed by atoms with Crippen LogP contribution in [-0.4, -0.2) is 25.6 Å². The third-order valence-corrected chi connectivity index (χ3v) is 5.83. The molecule has 0 atom stereocenters. The molecule has 0 saturated carbocycles. The van der Waals surface area contributed by atoms with Crippen LogP contribution in [0.3, 0.4) is 0 Å². The SMILES string of the molecule is Cc1ccc(-c2csc(NC(=O)c3ccccc3S(C)(=O)=O)n2)c(C)c1. The molecule has 0 bridgehead atoms. The first kappa shape index (κ1) is 18.3. The number of nitrogens with one attached hydrogen (secondary N) is 1. The van der Waals surface area contributed by atoms with E-state index in [1.807, 2.05) is 31.4 Å². The highest BCUT2D eigenvalue weighted by Gasteiger charge is 2.19. The molecule has 134 valence electrons. The largest absolute Gasteiger partial charge is 0.298 e. The number of amides is 1. The highest BCUT2D eigenvalue weighted by Crippen LogP contribution is 2.28. The summed E-state index contributed by atoms with van der Waals surface area (Å²) in [4.78, 5) is 17.0. The number of hydrogen-bond donors (Lipinski definition) is 1. The van der Waals surface area contributed by atoms with Crippen molar-refractivity contribution in [3.63, 3.8) is 0 Å². The summed E-state index contributed by atoms with van der Waals surface area (Å²) in [7, 11) is -3.50. The molecule has 1 amide bonds. The molecule has 0 radical (unpaired) electrons. The second-order valence-electron chi connectivity index (χ2n) is 6.08. The number of aryl methyl sites for hydroxylation is 2. The first-order valence-electron chi connectivity index (χ1n) is 7.89. The van der Waals surface area contributed by atoms with Crippen molar-refractivity contribution in [2.75, 3.05) is 11.6 Å². The van der Waals surface area contributed by atoms with Crippen molar-refractivity contribution in [1.29, 1.82) is 0 Å². The zero-order chi connectivity index (χ0) is 18.9. The fourth-order valence-corrected chi connectivity index (χ4v) is 4.29. The smallest absolute Gasteiger partial charge is 0.258 e. The molecule has 5 nitrogen and oxygen atoms in total. The molecule has 0 aliphatic carbocycles. The summed E-state index contributed by atoms with van der Waals surface area (Å²) in [6.07, 6.45) is 1.08. The molecule has 3 aromatic rings. The number of hydrogen-bond acceptors (Lipinski definition) is 5. The fraction of sp³-hybridized carbons (Fsp3) is 0.158. The zero-order valence-electron chi connectivity index (χ0n) is 14.6. The highest BCUT2D eigenvalue weighted by molar-refractivity contribution is 7.90. The van der Waals surface area contributed by atoms with E-state index < -0.39 is 15.7 Å². The first-order chi connectivity index (χ1) is 12.3. The van der Waals surface area contributed by atoms with Crippen molar-refractivity contribution < 1.29 is 13.2 Å². The molecule has 0 fully saturated rings. The summed E-state index contributed by atoms with van der Waals surface area (Å²) >= 11 is 1.30. The van der Waals surface area contributed by atoms with Gasteiger partial charge in [0.25, 0.3) is 5.91 Å². The lowest BCUT2D eigenvalue weighted by Gasteiger charge is -2.07. The molecule has 1 N–H and O–H groups in total. The van der Waals surface area contributed by atoms with E-state index >= 15 is 0 Å². The van der Waals surface area contributed by atoms with Crippen molar-refractivity contribution in [2.24, 2.45) is 0 Å². The molecule has 0 saturated heterocycles. The summed E-state index contributed by atoms with van der Waals surface area (Å²) in [6, 6.07) is 12.2. The van der Waals surface area contributed by atoms with Gasteiger partial charge < -0.3 is 0 Å². The number of rotatable bonds is 4. The van der Waals surface area contributed by atoms with E-state index in [1.54, 1.807) is 12.1 Å². The Morgan fingerprint density at radius 2 is 1.85 bits per heavy atom. The van der Waals surface area contributed by atoms with Gasteiger partial charge in [0.15, 0.2) is 15.0 Å². The molecule has 26 heavy (non-hydrogen) atoms. The van der Waals surface area contributed by atoms with Gasteiger partial charge in [0.05, 0.1) is 16.2 Å². The van der Waals surface area contributed by atoms with Gasteiger partial charge >= 0.3 is 0 Å². The van der Waals surface area contributed by atoms with Crippen molar-refractivity contribution in [2.45, 2.75) is 18.7 Å². The van der Waals surface area contributed by atoms with Crippen molar-refractivity contribution >= 4 is 32.2 Å². The standard InChI is InChI=1S/C19H18N2O3S2/c1-12-8-9-14(13(2)10-12)16-11-25-19(20-16)21-18(22)15-6-4-5-7-17(15)26(3,23)24/h4-11H,1-3H3,(H,20,21,22). The Morgan fingerprint density at radius 1 is 1.12 bits per heavy atom. The Morgan fingerprint density at radius 3 is 2.54 bits per heavy atom. The Balaban J connectivity index is 1.87. The number of sulfone groups is 1. The minimum atomic E-state index is -3.50. The molecule has 1 aromatic heterocycles. The summed E-state index contributed by atoms with van der Waals surface area (Å²) in [6.45, 7) is 4.05. The van der Waals surface area contributed by atoms with Gasteiger partial charge in [-0.15, -0.1) is 11.3 Å². The average molecular weight is 386 g/mol. The van der Waals surface area contributed by atoms with E-state index in [2.05, 4.69) is 16.4 Å². The summed E-state index contributed by atoms with van der Waals surface area (Å²) in [5.41, 5.74) is 4.17. The molecule has 0 aliphatic rings. The van der Waals surface area contributed by atoms with Gasteiger partial charge in [-0.3, -0.25) is 10.1 Å². The van der Waals surface area contributed by atoms with E-state index in [9.17, 15) is 13.2 Å². The Labute approximate surface area is 156 Å². The van der Waals surface area contributed by atoms with Crippen LogP contribution in [0.4, 0.5) is 5.13 Å². The quantitative estimate of drug-likeness (QED) is 0.733. The second-order valence-corrected chi connectivity index (χ2v) is 8.92. The van der Waals surface area contributed by atoms with Gasteiger partial charge in [-0.2, -0.15) is 0 Å². The predicted octanol–water partition coefficient (Wildman–Crippen LogP) is 4.08. The molecular formula is C19H18N2O3S2. The number of aromatic nitrogens is 1. The van der Waals surface area contributed by atoms with E-state index in [-0.39, 0.29) is 10.5 Å². The zero-order valence-corrected chi connectivity index (χ0v) is 16.2. The highest BCUT2D eigenvalue weighted by atomic mass is 32.2. The van der Waals surface area contributed by atoms with Crippen LogP contribution >= 0.6 is 11.3 Å². The van der Waals surface area contributed by atoms with Gasteiger partial charge in [0.1, 0.15) is 0 Å². The molecule has 0 unspecified atom stereocenters. The number of nitrogens with zero attached hydrogens (tertiary/aromatic N) is 1. The van der Waals surface area contributed by atoms with Crippen LogP contribution in [0.2, 0.25) is 0 Å². The monoisotopic (exact) mass is 386 g/mol. The van der Waals surface area contributed by atoms with E-state index in [1.165, 1.54) is 29.0 Å². The lowest BCUT2D eigenvalue weighted by molar-refractivity contribution is 0.102. The van der Waals surface area contributed by atoms with Crippen molar-refractivity contribution in [1.82, 2.24) is 4.98 Å². The molecule has 0 aliphatic heterocycles. The molecule has 3 rings (SSSR count). The van der Waals surface area contributed by atoms with E-state index in [0.29, 0.717) is 5.13 Å². The van der Waals surface area contributed by atoms with Crippen LogP contribution in [-0.2, 0) is 9.84 Å². The minimum Gasteiger partial charge on any atom is -0.298 e. The molecule has 2 aromatic carbocycles. The molecular weight excluding hydrogens is 368 g/mol. The van der Waals surface area contributed by atoms with E-state index in [0.717, 1.165) is 23.1 Å². The second kappa shape index (κ2) is 7.01. The third kappa shape index (κ3) is 3.84. The van der Waals surface area contributed by atoms with Crippen molar-refractivity contribution in [3.05, 3.63) is 64.5 Å². The number of anilines is 1. The van der Waals surface area contributed by atoms with Gasteiger partial charge in [-0.25, -0.2) is 13.4 Å². The maximum Gasteiger partial charge on any atom is 0.258 e. The van der Waals surface area contributed by atoms with Crippen molar-refractivity contribution in [3.8, 4) is 11.3 Å². The molecule has 7 heteroatoms. The Kier molecular flexibility index (Phi) is 4.93.